The van der Waals surface area contributed by atoms with Gasteiger partial charge >= 0.3 is 6.01 Å². The van der Waals surface area contributed by atoms with Gasteiger partial charge in [-0.15, -0.1) is 0 Å². The smallest absolute Gasteiger partial charge is 0.319 e. The number of hydrogen-bond donors (Lipinski definition) is 3. The summed E-state index contributed by atoms with van der Waals surface area (Å²) < 4.78 is 38.3. The van der Waals surface area contributed by atoms with E-state index in [9.17, 15) is 15.3 Å². The summed E-state index contributed by atoms with van der Waals surface area (Å²) in [5.41, 5.74) is 0.418. The highest BCUT2D eigenvalue weighted by atomic mass is 19.1. The molecule has 8 rings (SSSR count). The SMILES string of the molecule is OC[C@@H](O)CN1C2CCC1CN(c1nc(OCC34CCCN3CCC4)nc3c(F)c(-c4cc(O)cc5cccc(F)c45)ccc13)C2. The summed E-state index contributed by atoms with van der Waals surface area (Å²) >= 11 is 0. The van der Waals surface area contributed by atoms with Gasteiger partial charge in [0.05, 0.1) is 18.2 Å². The van der Waals surface area contributed by atoms with Crippen LogP contribution in [0.4, 0.5) is 14.6 Å². The van der Waals surface area contributed by atoms with E-state index in [0.717, 1.165) is 51.6 Å². The lowest BCUT2D eigenvalue weighted by Gasteiger charge is -2.42. The van der Waals surface area contributed by atoms with E-state index < -0.39 is 17.7 Å². The summed E-state index contributed by atoms with van der Waals surface area (Å²) in [5.74, 6) is -0.633. The van der Waals surface area contributed by atoms with Gasteiger partial charge in [0.2, 0.25) is 0 Å². The summed E-state index contributed by atoms with van der Waals surface area (Å²) in [5, 5.41) is 31.3. The fourth-order valence-corrected chi connectivity index (χ4v) is 8.64. The van der Waals surface area contributed by atoms with Crippen LogP contribution in [0.5, 0.6) is 11.8 Å². The van der Waals surface area contributed by atoms with Crippen molar-refractivity contribution in [1.29, 1.82) is 0 Å². The first-order chi connectivity index (χ1) is 22.3. The van der Waals surface area contributed by atoms with Crippen molar-refractivity contribution in [2.24, 2.45) is 0 Å². The van der Waals surface area contributed by atoms with Crippen molar-refractivity contribution in [3.05, 3.63) is 54.1 Å². The van der Waals surface area contributed by atoms with Gasteiger partial charge in [0.1, 0.15) is 29.5 Å². The van der Waals surface area contributed by atoms with E-state index in [1.165, 1.54) is 18.2 Å². The maximum absolute atomic E-state index is 16.8. The Labute approximate surface area is 266 Å². The number of aliphatic hydroxyl groups is 2. The average Bonchev–Trinajstić information content (AvgIpc) is 3.69. The number of aliphatic hydroxyl groups excluding tert-OH is 2. The van der Waals surface area contributed by atoms with E-state index in [2.05, 4.69) is 19.7 Å². The van der Waals surface area contributed by atoms with Gasteiger partial charge in [-0.2, -0.15) is 9.97 Å². The second kappa shape index (κ2) is 11.6. The number of anilines is 1. The number of fused-ring (bicyclic) bond motifs is 5. The van der Waals surface area contributed by atoms with Crippen LogP contribution in [-0.2, 0) is 0 Å². The maximum Gasteiger partial charge on any atom is 0.319 e. The van der Waals surface area contributed by atoms with E-state index in [1.54, 1.807) is 24.3 Å². The molecule has 3 N–H and O–H groups in total. The number of aromatic nitrogens is 2. The van der Waals surface area contributed by atoms with Crippen LogP contribution in [0.2, 0.25) is 0 Å². The molecule has 3 atom stereocenters. The van der Waals surface area contributed by atoms with Gasteiger partial charge in [0.15, 0.2) is 5.82 Å². The second-order valence-electron chi connectivity index (χ2n) is 13.5. The van der Waals surface area contributed by atoms with Crippen molar-refractivity contribution >= 4 is 27.5 Å². The van der Waals surface area contributed by atoms with Gasteiger partial charge in [0, 0.05) is 48.1 Å². The molecular formula is C35H39F2N5O4. The summed E-state index contributed by atoms with van der Waals surface area (Å²) in [6, 6.07) is 11.3. The molecule has 0 spiro atoms. The lowest BCUT2D eigenvalue weighted by atomic mass is 9.95. The number of aromatic hydroxyl groups is 1. The Kier molecular flexibility index (Phi) is 7.47. The van der Waals surface area contributed by atoms with Gasteiger partial charge < -0.3 is 25.0 Å². The first kappa shape index (κ1) is 29.7. The van der Waals surface area contributed by atoms with Crippen LogP contribution < -0.4 is 9.64 Å². The van der Waals surface area contributed by atoms with E-state index >= 15 is 8.78 Å². The van der Waals surface area contributed by atoms with Crippen molar-refractivity contribution in [1.82, 2.24) is 19.8 Å². The van der Waals surface area contributed by atoms with Crippen LogP contribution in [0.3, 0.4) is 0 Å². The Balaban J connectivity index is 1.22. The predicted octanol–water partition coefficient (Wildman–Crippen LogP) is 4.45. The predicted molar refractivity (Wildman–Crippen MR) is 171 cm³/mol. The molecule has 1 aromatic heterocycles. The number of phenols is 1. The third kappa shape index (κ3) is 4.95. The monoisotopic (exact) mass is 631 g/mol. The molecule has 2 unspecified atom stereocenters. The van der Waals surface area contributed by atoms with Crippen molar-refractivity contribution in [2.75, 3.05) is 50.8 Å². The van der Waals surface area contributed by atoms with Gasteiger partial charge in [-0.25, -0.2) is 8.78 Å². The highest BCUT2D eigenvalue weighted by Crippen LogP contribution is 2.42. The highest BCUT2D eigenvalue weighted by molar-refractivity contribution is 6.01. The normalized spacial score (nSPS) is 23.4. The molecule has 4 aliphatic rings. The zero-order valence-corrected chi connectivity index (χ0v) is 25.7. The Morgan fingerprint density at radius 1 is 0.978 bits per heavy atom. The number of phenolic OH excluding ortho intramolecular Hbond substituents is 1. The van der Waals surface area contributed by atoms with Crippen molar-refractivity contribution in [2.45, 2.75) is 62.3 Å². The van der Waals surface area contributed by atoms with E-state index in [-0.39, 0.29) is 58.0 Å². The molecule has 9 nitrogen and oxygen atoms in total. The average molecular weight is 632 g/mol. The van der Waals surface area contributed by atoms with Crippen LogP contribution in [0, 0.1) is 11.6 Å². The minimum atomic E-state index is -0.800. The van der Waals surface area contributed by atoms with Gasteiger partial charge in [-0.3, -0.25) is 9.80 Å². The van der Waals surface area contributed by atoms with E-state index in [4.69, 9.17) is 9.72 Å². The molecule has 0 saturated carbocycles. The Bertz CT molecular complexity index is 1780. The van der Waals surface area contributed by atoms with E-state index in [0.29, 0.717) is 42.8 Å². The summed E-state index contributed by atoms with van der Waals surface area (Å²) in [7, 11) is 0. The first-order valence-electron chi connectivity index (χ1n) is 16.4. The van der Waals surface area contributed by atoms with E-state index in [1.807, 2.05) is 0 Å². The topological polar surface area (TPSA) is 105 Å². The van der Waals surface area contributed by atoms with Crippen molar-refractivity contribution < 1.29 is 28.8 Å². The highest BCUT2D eigenvalue weighted by Gasteiger charge is 2.45. The van der Waals surface area contributed by atoms with Crippen molar-refractivity contribution in [3.8, 4) is 22.9 Å². The number of ether oxygens (including phenoxy) is 1. The summed E-state index contributed by atoms with van der Waals surface area (Å²) in [6.45, 7) is 3.92. The van der Waals surface area contributed by atoms with Crippen LogP contribution in [0.15, 0.2) is 42.5 Å². The molecule has 4 aromatic rings. The molecule has 2 bridgehead atoms. The largest absolute Gasteiger partial charge is 0.508 e. The number of halogens is 2. The Morgan fingerprint density at radius 2 is 1.74 bits per heavy atom. The molecule has 242 valence electrons. The molecule has 5 heterocycles. The lowest BCUT2D eigenvalue weighted by molar-refractivity contribution is 0.0375. The number of benzene rings is 3. The second-order valence-corrected chi connectivity index (χ2v) is 13.5. The standard InChI is InChI=1S/C35H39F2N5O4/c36-29-5-1-4-21-14-24(44)15-28(30(21)29)26-8-9-27-32(31(26)37)38-34(46-20-35-10-2-12-41(35)13-3-11-35)39-33(27)40-16-22-6-7-23(17-40)42(22)18-25(45)19-43/h1,4-5,8-9,14-15,22-23,25,43-45H,2-3,6-7,10-13,16-20H2/t22?,23?,25-/m0/s1. The molecule has 3 aromatic carbocycles. The van der Waals surface area contributed by atoms with Crippen LogP contribution in [0.1, 0.15) is 38.5 Å². The molecule has 0 radical (unpaired) electrons. The van der Waals surface area contributed by atoms with Crippen LogP contribution in [0.25, 0.3) is 32.8 Å². The van der Waals surface area contributed by atoms with Crippen LogP contribution >= 0.6 is 0 Å². The summed E-state index contributed by atoms with van der Waals surface area (Å²) in [4.78, 5) is 16.5. The quantitative estimate of drug-likeness (QED) is 0.260. The Hall–Kier alpha value is -3.64. The molecule has 11 heteroatoms. The molecule has 46 heavy (non-hydrogen) atoms. The van der Waals surface area contributed by atoms with Gasteiger partial charge in [-0.1, -0.05) is 18.2 Å². The zero-order chi connectivity index (χ0) is 31.6. The molecule has 0 amide bonds. The van der Waals surface area contributed by atoms with Gasteiger partial charge in [0.25, 0.3) is 0 Å². The number of hydrogen-bond acceptors (Lipinski definition) is 9. The number of nitrogens with zero attached hydrogens (tertiary/aromatic N) is 5. The number of piperazine rings is 1. The molecule has 4 aliphatic heterocycles. The zero-order valence-electron chi connectivity index (χ0n) is 25.7. The molecule has 0 aliphatic carbocycles. The van der Waals surface area contributed by atoms with Gasteiger partial charge in [-0.05, 0) is 86.8 Å². The fraction of sp³-hybridized carbons (Fsp3) is 0.486. The van der Waals surface area contributed by atoms with Crippen molar-refractivity contribution in [3.63, 3.8) is 0 Å². The van der Waals surface area contributed by atoms with Crippen LogP contribution in [-0.4, -0.2) is 105 Å². The maximum atomic E-state index is 16.8. The minimum Gasteiger partial charge on any atom is -0.508 e. The molecular weight excluding hydrogens is 592 g/mol. The summed E-state index contributed by atoms with van der Waals surface area (Å²) in [6.07, 6.45) is 5.46. The molecule has 4 fully saturated rings. The fourth-order valence-electron chi connectivity index (χ4n) is 8.64. The Morgan fingerprint density at radius 3 is 2.48 bits per heavy atom. The lowest BCUT2D eigenvalue weighted by Crippen LogP contribution is -2.56. The molecule has 4 saturated heterocycles. The third-order valence-corrected chi connectivity index (χ3v) is 10.8. The third-order valence-electron chi connectivity index (χ3n) is 10.8. The number of rotatable bonds is 8. The first-order valence-corrected chi connectivity index (χ1v) is 16.4. The minimum absolute atomic E-state index is 0.0465.